The second-order valence-electron chi connectivity index (χ2n) is 1.82. The first-order valence-electron chi connectivity index (χ1n) is 2.91. The minimum atomic E-state index is -0.518. The van der Waals surface area contributed by atoms with E-state index in [1.807, 2.05) is 0 Å². The Morgan fingerprint density at radius 2 is 2.25 bits per heavy atom. The van der Waals surface area contributed by atoms with Crippen molar-refractivity contribution in [1.82, 2.24) is 9.97 Å². The molecular weight excluding hydrogens is 292 g/mol. The number of nitrogens with zero attached hydrogens (tertiary/aromatic N) is 2. The first kappa shape index (κ1) is 9.60. The Labute approximate surface area is 85.6 Å². The summed E-state index contributed by atoms with van der Waals surface area (Å²) in [5, 5.41) is 0. The minimum Gasteiger partial charge on any atom is -0.464 e. The predicted molar refractivity (Wildman–Crippen MR) is 48.8 cm³/mol. The molecule has 1 heterocycles. The molecule has 0 spiro atoms. The first-order chi connectivity index (χ1) is 5.65. The predicted octanol–water partition coefficient (Wildman–Crippen LogP) is 1.79. The van der Waals surface area contributed by atoms with Crippen LogP contribution in [0, 0.1) is 0 Å². The van der Waals surface area contributed by atoms with E-state index >= 15 is 0 Å². The van der Waals surface area contributed by atoms with Crippen LogP contribution in [-0.4, -0.2) is 23.0 Å². The van der Waals surface area contributed by atoms with Crippen LogP contribution in [0.25, 0.3) is 0 Å². The van der Waals surface area contributed by atoms with Crippen molar-refractivity contribution in [2.45, 2.75) is 0 Å². The molecule has 4 nitrogen and oxygen atoms in total. The van der Waals surface area contributed by atoms with Crippen molar-refractivity contribution in [3.05, 3.63) is 21.1 Å². The Morgan fingerprint density at radius 1 is 1.58 bits per heavy atom. The molecule has 0 saturated heterocycles. The molecule has 6 heteroatoms. The summed E-state index contributed by atoms with van der Waals surface area (Å²) in [6.07, 6.45) is 1.48. The van der Waals surface area contributed by atoms with E-state index in [4.69, 9.17) is 0 Å². The number of rotatable bonds is 1. The number of hydrogen-bond acceptors (Lipinski definition) is 4. The van der Waals surface area contributed by atoms with Crippen LogP contribution in [-0.2, 0) is 4.74 Å². The van der Waals surface area contributed by atoms with Crippen molar-refractivity contribution in [2.75, 3.05) is 7.11 Å². The summed E-state index contributed by atoms with van der Waals surface area (Å²) in [5.74, 6) is -0.518. The third-order valence-corrected chi connectivity index (χ3v) is 2.04. The summed E-state index contributed by atoms with van der Waals surface area (Å²) in [5.41, 5.74) is 0.159. The van der Waals surface area contributed by atoms with Crippen molar-refractivity contribution < 1.29 is 9.53 Å². The van der Waals surface area contributed by atoms with Crippen LogP contribution in [0.1, 0.15) is 10.5 Å². The van der Waals surface area contributed by atoms with E-state index in [0.29, 0.717) is 9.21 Å². The Kier molecular flexibility index (Phi) is 3.16. The quantitative estimate of drug-likeness (QED) is 0.741. The SMILES string of the molecule is COC(=O)c1nc(Br)cnc1Br. The summed E-state index contributed by atoms with van der Waals surface area (Å²) in [6, 6.07) is 0. The maximum absolute atomic E-state index is 11.0. The van der Waals surface area contributed by atoms with Gasteiger partial charge in [0.15, 0.2) is 5.69 Å². The fourth-order valence-corrected chi connectivity index (χ4v) is 1.21. The minimum absolute atomic E-state index is 0.159. The molecule has 0 aliphatic carbocycles. The molecule has 0 atom stereocenters. The zero-order valence-corrected chi connectivity index (χ0v) is 9.22. The number of aromatic nitrogens is 2. The van der Waals surface area contributed by atoms with Gasteiger partial charge in [-0.05, 0) is 31.9 Å². The van der Waals surface area contributed by atoms with Gasteiger partial charge in [0.25, 0.3) is 0 Å². The van der Waals surface area contributed by atoms with E-state index in [0.717, 1.165) is 0 Å². The summed E-state index contributed by atoms with van der Waals surface area (Å²) in [7, 11) is 1.29. The Hall–Kier alpha value is -0.490. The highest BCUT2D eigenvalue weighted by molar-refractivity contribution is 9.10. The van der Waals surface area contributed by atoms with E-state index in [9.17, 15) is 4.79 Å². The van der Waals surface area contributed by atoms with Gasteiger partial charge in [-0.3, -0.25) is 0 Å². The maximum atomic E-state index is 11.0. The largest absolute Gasteiger partial charge is 0.464 e. The van der Waals surface area contributed by atoms with Crippen molar-refractivity contribution in [1.29, 1.82) is 0 Å². The fraction of sp³-hybridized carbons (Fsp3) is 0.167. The molecule has 0 aliphatic rings. The van der Waals surface area contributed by atoms with E-state index in [-0.39, 0.29) is 5.69 Å². The van der Waals surface area contributed by atoms with Gasteiger partial charge >= 0.3 is 5.97 Å². The van der Waals surface area contributed by atoms with E-state index in [1.54, 1.807) is 0 Å². The second-order valence-corrected chi connectivity index (χ2v) is 3.39. The zero-order valence-electron chi connectivity index (χ0n) is 6.04. The van der Waals surface area contributed by atoms with Crippen molar-refractivity contribution in [2.24, 2.45) is 0 Å². The molecule has 0 radical (unpaired) electrons. The normalized spacial score (nSPS) is 9.58. The second kappa shape index (κ2) is 3.95. The average Bonchev–Trinajstić information content (AvgIpc) is 2.08. The van der Waals surface area contributed by atoms with Crippen molar-refractivity contribution in [3.63, 3.8) is 0 Å². The number of carbonyl (C=O) groups excluding carboxylic acids is 1. The molecular formula is C6H4Br2N2O2. The summed E-state index contributed by atoms with van der Waals surface area (Å²) >= 11 is 6.17. The number of ether oxygens (including phenoxy) is 1. The Morgan fingerprint density at radius 3 is 2.83 bits per heavy atom. The molecule has 0 amide bonds. The maximum Gasteiger partial charge on any atom is 0.359 e. The first-order valence-corrected chi connectivity index (χ1v) is 4.50. The lowest BCUT2D eigenvalue weighted by molar-refractivity contribution is 0.0592. The van der Waals surface area contributed by atoms with Gasteiger partial charge in [0.05, 0.1) is 13.3 Å². The average molecular weight is 296 g/mol. The molecule has 0 N–H and O–H groups in total. The number of hydrogen-bond donors (Lipinski definition) is 0. The van der Waals surface area contributed by atoms with Gasteiger partial charge in [0.1, 0.15) is 9.21 Å². The highest BCUT2D eigenvalue weighted by atomic mass is 79.9. The van der Waals surface area contributed by atoms with Crippen LogP contribution in [0.3, 0.4) is 0 Å². The molecule has 0 aromatic carbocycles. The third kappa shape index (κ3) is 2.01. The molecule has 12 heavy (non-hydrogen) atoms. The molecule has 1 aromatic heterocycles. The molecule has 0 unspecified atom stereocenters. The molecule has 0 aliphatic heterocycles. The monoisotopic (exact) mass is 294 g/mol. The van der Waals surface area contributed by atoms with Crippen LogP contribution in [0.2, 0.25) is 0 Å². The van der Waals surface area contributed by atoms with Gasteiger partial charge in [-0.25, -0.2) is 14.8 Å². The van der Waals surface area contributed by atoms with Gasteiger partial charge in [-0.2, -0.15) is 0 Å². The molecule has 0 bridgehead atoms. The van der Waals surface area contributed by atoms with E-state index in [1.165, 1.54) is 13.3 Å². The number of esters is 1. The van der Waals surface area contributed by atoms with Crippen LogP contribution in [0.15, 0.2) is 15.4 Å². The smallest absolute Gasteiger partial charge is 0.359 e. The third-order valence-electron chi connectivity index (χ3n) is 1.08. The van der Waals surface area contributed by atoms with Gasteiger partial charge < -0.3 is 4.74 Å². The number of methoxy groups -OCH3 is 1. The molecule has 0 fully saturated rings. The van der Waals surface area contributed by atoms with Gasteiger partial charge in [-0.15, -0.1) is 0 Å². The molecule has 1 rings (SSSR count). The lowest BCUT2D eigenvalue weighted by Crippen LogP contribution is -2.06. The lowest BCUT2D eigenvalue weighted by Gasteiger charge is -1.99. The van der Waals surface area contributed by atoms with E-state index in [2.05, 4.69) is 46.6 Å². The number of halogens is 2. The topological polar surface area (TPSA) is 52.1 Å². The molecule has 0 saturated carbocycles. The van der Waals surface area contributed by atoms with Crippen LogP contribution in [0.4, 0.5) is 0 Å². The van der Waals surface area contributed by atoms with Crippen molar-refractivity contribution in [3.8, 4) is 0 Å². The molecule has 64 valence electrons. The van der Waals surface area contributed by atoms with Crippen LogP contribution < -0.4 is 0 Å². The van der Waals surface area contributed by atoms with Crippen molar-refractivity contribution >= 4 is 37.8 Å². The standard InChI is InChI=1S/C6H4Br2N2O2/c1-12-6(11)4-5(8)9-2-3(7)10-4/h2H,1H3. The van der Waals surface area contributed by atoms with E-state index < -0.39 is 5.97 Å². The van der Waals surface area contributed by atoms with Crippen LogP contribution in [0.5, 0.6) is 0 Å². The van der Waals surface area contributed by atoms with Gasteiger partial charge in [-0.1, -0.05) is 0 Å². The highest BCUT2D eigenvalue weighted by Crippen LogP contribution is 2.14. The Bertz CT molecular complexity index is 316. The molecule has 1 aromatic rings. The zero-order chi connectivity index (χ0) is 9.14. The highest BCUT2D eigenvalue weighted by Gasteiger charge is 2.13. The Balaban J connectivity index is 3.13. The van der Waals surface area contributed by atoms with Crippen LogP contribution >= 0.6 is 31.9 Å². The summed E-state index contributed by atoms with van der Waals surface area (Å²) < 4.78 is 5.34. The fourth-order valence-electron chi connectivity index (χ4n) is 0.579. The van der Waals surface area contributed by atoms with Gasteiger partial charge in [0, 0.05) is 0 Å². The lowest BCUT2D eigenvalue weighted by atomic mass is 10.5. The summed E-state index contributed by atoms with van der Waals surface area (Å²) in [4.78, 5) is 18.7. The van der Waals surface area contributed by atoms with Gasteiger partial charge in [0.2, 0.25) is 0 Å². The number of carbonyl (C=O) groups is 1. The summed E-state index contributed by atoms with van der Waals surface area (Å²) in [6.45, 7) is 0.